The molecule has 0 radical (unpaired) electrons. The molecule has 7 heteroatoms. The van der Waals surface area contributed by atoms with E-state index in [1.165, 1.54) is 6.42 Å². The summed E-state index contributed by atoms with van der Waals surface area (Å²) in [6, 6.07) is 0. The van der Waals surface area contributed by atoms with Crippen LogP contribution in [-0.2, 0) is 14.3 Å². The molecule has 0 aromatic carbocycles. The molecule has 0 spiro atoms. The van der Waals surface area contributed by atoms with Crippen LogP contribution in [0.2, 0.25) is 0 Å². The Kier molecular flexibility index (Phi) is 6.52. The van der Waals surface area contributed by atoms with Gasteiger partial charge in [-0.2, -0.15) is 0 Å². The minimum Gasteiger partial charge on any atom is -0.462 e. The van der Waals surface area contributed by atoms with Crippen molar-refractivity contribution in [1.82, 2.24) is 0 Å². The van der Waals surface area contributed by atoms with Crippen LogP contribution in [0.4, 0.5) is 5.00 Å². The molecule has 2 aliphatic rings. The first kappa shape index (κ1) is 19.9. The highest BCUT2D eigenvalue weighted by atomic mass is 32.1. The standard InChI is InChI=1S/C20H27NO5S/c1-3-25-19(23)15-12(2)16(20(24)26-14-10-5-4-6-11-14)27-18(15)21-17(22)13-8-7-9-13/h13-14H,3-11H2,1-2H3,(H,21,22). The van der Waals surface area contributed by atoms with E-state index < -0.39 is 11.9 Å². The van der Waals surface area contributed by atoms with Crippen LogP contribution in [0.25, 0.3) is 0 Å². The van der Waals surface area contributed by atoms with E-state index in [1.54, 1.807) is 13.8 Å². The van der Waals surface area contributed by atoms with Crippen LogP contribution in [0.5, 0.6) is 0 Å². The number of anilines is 1. The fraction of sp³-hybridized carbons (Fsp3) is 0.650. The predicted molar refractivity (Wildman–Crippen MR) is 103 cm³/mol. The first-order valence-corrected chi connectivity index (χ1v) is 10.6. The molecular formula is C20H27NO5S. The lowest BCUT2D eigenvalue weighted by atomic mass is 9.85. The van der Waals surface area contributed by atoms with Gasteiger partial charge in [-0.1, -0.05) is 12.8 Å². The Hall–Kier alpha value is -1.89. The molecule has 1 aromatic rings. The molecule has 1 heterocycles. The molecule has 6 nitrogen and oxygen atoms in total. The zero-order valence-corrected chi connectivity index (χ0v) is 16.8. The van der Waals surface area contributed by atoms with Gasteiger partial charge in [0, 0.05) is 5.92 Å². The lowest BCUT2D eigenvalue weighted by Gasteiger charge is -2.23. The predicted octanol–water partition coefficient (Wildman–Crippen LogP) is 4.46. The maximum Gasteiger partial charge on any atom is 0.348 e. The molecule has 2 aliphatic carbocycles. The number of amides is 1. The monoisotopic (exact) mass is 393 g/mol. The zero-order chi connectivity index (χ0) is 19.4. The van der Waals surface area contributed by atoms with E-state index in [4.69, 9.17) is 9.47 Å². The summed E-state index contributed by atoms with van der Waals surface area (Å²) < 4.78 is 10.8. The lowest BCUT2D eigenvalue weighted by Crippen LogP contribution is -2.28. The topological polar surface area (TPSA) is 81.7 Å². The minimum absolute atomic E-state index is 0.0138. The van der Waals surface area contributed by atoms with Gasteiger partial charge in [0.25, 0.3) is 0 Å². The van der Waals surface area contributed by atoms with Crippen LogP contribution >= 0.6 is 11.3 Å². The normalized spacial score (nSPS) is 17.9. The van der Waals surface area contributed by atoms with Crippen LogP contribution in [0.1, 0.15) is 83.9 Å². The molecule has 0 atom stereocenters. The van der Waals surface area contributed by atoms with Crippen molar-refractivity contribution in [2.24, 2.45) is 5.92 Å². The van der Waals surface area contributed by atoms with Crippen molar-refractivity contribution in [1.29, 1.82) is 0 Å². The van der Waals surface area contributed by atoms with Gasteiger partial charge in [0.15, 0.2) is 0 Å². The maximum atomic E-state index is 12.7. The highest BCUT2D eigenvalue weighted by Gasteiger charge is 2.31. The largest absolute Gasteiger partial charge is 0.462 e. The molecule has 148 valence electrons. The van der Waals surface area contributed by atoms with Crippen molar-refractivity contribution in [2.45, 2.75) is 71.3 Å². The van der Waals surface area contributed by atoms with Gasteiger partial charge in [-0.15, -0.1) is 11.3 Å². The van der Waals surface area contributed by atoms with Crippen LogP contribution in [-0.4, -0.2) is 30.6 Å². The average molecular weight is 394 g/mol. The lowest BCUT2D eigenvalue weighted by molar-refractivity contribution is -0.122. The van der Waals surface area contributed by atoms with Crippen molar-refractivity contribution in [3.63, 3.8) is 0 Å². The van der Waals surface area contributed by atoms with Gasteiger partial charge in [0.05, 0.1) is 12.2 Å². The number of ether oxygens (including phenoxy) is 2. The Bertz CT molecular complexity index is 716. The van der Waals surface area contributed by atoms with Crippen LogP contribution < -0.4 is 5.32 Å². The molecule has 3 rings (SSSR count). The fourth-order valence-electron chi connectivity index (χ4n) is 3.52. The highest BCUT2D eigenvalue weighted by molar-refractivity contribution is 7.18. The molecule has 2 saturated carbocycles. The molecule has 1 aromatic heterocycles. The van der Waals surface area contributed by atoms with E-state index in [2.05, 4.69) is 5.32 Å². The average Bonchev–Trinajstić information content (AvgIpc) is 2.90. The SMILES string of the molecule is CCOC(=O)c1c(NC(=O)C2CCC2)sc(C(=O)OC2CCCCC2)c1C. The van der Waals surface area contributed by atoms with Gasteiger partial charge in [-0.05, 0) is 57.9 Å². The number of carbonyl (C=O) groups excluding carboxylic acids is 3. The van der Waals surface area contributed by atoms with E-state index in [1.807, 2.05) is 0 Å². The molecule has 0 bridgehead atoms. The summed E-state index contributed by atoms with van der Waals surface area (Å²) in [5, 5.41) is 3.23. The first-order valence-electron chi connectivity index (χ1n) is 9.83. The number of carbonyl (C=O) groups is 3. The quantitative estimate of drug-likeness (QED) is 0.722. The van der Waals surface area contributed by atoms with Gasteiger partial charge in [-0.25, -0.2) is 9.59 Å². The number of hydrogen-bond acceptors (Lipinski definition) is 6. The third-order valence-electron chi connectivity index (χ3n) is 5.35. The summed E-state index contributed by atoms with van der Waals surface area (Å²) >= 11 is 1.11. The third-order valence-corrected chi connectivity index (χ3v) is 6.54. The van der Waals surface area contributed by atoms with Gasteiger partial charge < -0.3 is 14.8 Å². The van der Waals surface area contributed by atoms with Crippen LogP contribution in [0.3, 0.4) is 0 Å². The Morgan fingerprint density at radius 2 is 1.74 bits per heavy atom. The summed E-state index contributed by atoms with van der Waals surface area (Å²) in [7, 11) is 0. The molecule has 0 saturated heterocycles. The second kappa shape index (κ2) is 8.87. The van der Waals surface area contributed by atoms with Crippen molar-refractivity contribution in [3.8, 4) is 0 Å². The van der Waals surface area contributed by atoms with Gasteiger partial charge in [0.1, 0.15) is 16.0 Å². The molecule has 0 aliphatic heterocycles. The number of hydrogen-bond donors (Lipinski definition) is 1. The first-order chi connectivity index (χ1) is 13.0. The molecule has 2 fully saturated rings. The summed E-state index contributed by atoms with van der Waals surface area (Å²) in [5.74, 6) is -1.05. The summed E-state index contributed by atoms with van der Waals surface area (Å²) in [6.07, 6.45) is 7.78. The van der Waals surface area contributed by atoms with Crippen molar-refractivity contribution < 1.29 is 23.9 Å². The molecule has 1 N–H and O–H groups in total. The molecule has 1 amide bonds. The summed E-state index contributed by atoms with van der Waals surface area (Å²) in [5.41, 5.74) is 0.785. The second-order valence-corrected chi connectivity index (χ2v) is 8.28. The van der Waals surface area contributed by atoms with Crippen LogP contribution in [0.15, 0.2) is 0 Å². The van der Waals surface area contributed by atoms with E-state index in [0.29, 0.717) is 15.4 Å². The number of nitrogens with one attached hydrogen (secondary N) is 1. The smallest absolute Gasteiger partial charge is 0.348 e. The van der Waals surface area contributed by atoms with Crippen molar-refractivity contribution in [3.05, 3.63) is 16.0 Å². The van der Waals surface area contributed by atoms with E-state index >= 15 is 0 Å². The van der Waals surface area contributed by atoms with Crippen molar-refractivity contribution in [2.75, 3.05) is 11.9 Å². The fourth-order valence-corrected chi connectivity index (χ4v) is 4.60. The molecular weight excluding hydrogens is 366 g/mol. The minimum atomic E-state index is -0.521. The third kappa shape index (κ3) is 4.51. The number of rotatable bonds is 6. The Morgan fingerprint density at radius 3 is 2.33 bits per heavy atom. The summed E-state index contributed by atoms with van der Waals surface area (Å²) in [6.45, 7) is 3.66. The Balaban J connectivity index is 1.82. The van der Waals surface area contributed by atoms with Gasteiger partial charge in [0.2, 0.25) is 5.91 Å². The van der Waals surface area contributed by atoms with E-state index in [9.17, 15) is 14.4 Å². The number of esters is 2. The van der Waals surface area contributed by atoms with Gasteiger partial charge in [-0.3, -0.25) is 4.79 Å². The van der Waals surface area contributed by atoms with Crippen LogP contribution in [0, 0.1) is 12.8 Å². The molecule has 0 unspecified atom stereocenters. The summed E-state index contributed by atoms with van der Waals surface area (Å²) in [4.78, 5) is 37.8. The van der Waals surface area contributed by atoms with E-state index in [-0.39, 0.29) is 30.1 Å². The Morgan fingerprint density at radius 1 is 1.04 bits per heavy atom. The van der Waals surface area contributed by atoms with Crippen molar-refractivity contribution >= 4 is 34.2 Å². The Labute approximate surface area is 163 Å². The maximum absolute atomic E-state index is 12.7. The zero-order valence-electron chi connectivity index (χ0n) is 16.0. The second-order valence-electron chi connectivity index (χ2n) is 7.26. The van der Waals surface area contributed by atoms with E-state index in [0.717, 1.165) is 56.3 Å². The molecule has 27 heavy (non-hydrogen) atoms. The number of thiophene rings is 1. The van der Waals surface area contributed by atoms with Gasteiger partial charge >= 0.3 is 11.9 Å². The highest BCUT2D eigenvalue weighted by Crippen LogP contribution is 2.36.